The molecule has 1 aliphatic rings. The highest BCUT2D eigenvalue weighted by Crippen LogP contribution is 2.19. The largest absolute Gasteiger partial charge is 0.355 e. The summed E-state index contributed by atoms with van der Waals surface area (Å²) in [7, 11) is 0. The first-order chi connectivity index (χ1) is 11.0. The third kappa shape index (κ3) is 5.89. The third-order valence-electron chi connectivity index (χ3n) is 4.13. The molecule has 124 valence electrons. The number of anilines is 1. The normalized spacial score (nSPS) is 14.1. The zero-order chi connectivity index (χ0) is 16.7. The number of amides is 2. The molecule has 0 aliphatic heterocycles. The summed E-state index contributed by atoms with van der Waals surface area (Å²) in [6, 6.07) is 5.82. The Balaban J connectivity index is 1.71. The van der Waals surface area contributed by atoms with Crippen LogP contribution < -0.4 is 10.6 Å². The van der Waals surface area contributed by atoms with Gasteiger partial charge in [0.15, 0.2) is 0 Å². The van der Waals surface area contributed by atoms with E-state index in [0.29, 0.717) is 6.54 Å². The van der Waals surface area contributed by atoms with Gasteiger partial charge in [-0.1, -0.05) is 29.3 Å². The van der Waals surface area contributed by atoms with Gasteiger partial charge in [0.1, 0.15) is 6.42 Å². The molecule has 2 N–H and O–H groups in total. The Morgan fingerprint density at radius 3 is 2.65 bits per heavy atom. The summed E-state index contributed by atoms with van der Waals surface area (Å²) in [5, 5.41) is 5.63. The van der Waals surface area contributed by atoms with E-state index >= 15 is 0 Å². The number of allylic oxidation sites excluding steroid dienone is 1. The van der Waals surface area contributed by atoms with Gasteiger partial charge >= 0.3 is 0 Å². The van der Waals surface area contributed by atoms with E-state index in [4.69, 9.17) is 0 Å². The van der Waals surface area contributed by atoms with Crippen LogP contribution in [0.3, 0.4) is 0 Å². The number of carbonyl (C=O) groups is 2. The minimum Gasteiger partial charge on any atom is -0.355 e. The number of benzene rings is 1. The zero-order valence-corrected chi connectivity index (χ0v) is 14.1. The highest BCUT2D eigenvalue weighted by Gasteiger charge is 2.11. The van der Waals surface area contributed by atoms with Gasteiger partial charge in [-0.15, -0.1) is 0 Å². The Labute approximate surface area is 138 Å². The predicted molar refractivity (Wildman–Crippen MR) is 93.3 cm³/mol. The highest BCUT2D eigenvalue weighted by atomic mass is 16.2. The van der Waals surface area contributed by atoms with Gasteiger partial charge in [-0.05, 0) is 57.6 Å². The summed E-state index contributed by atoms with van der Waals surface area (Å²) in [5.74, 6) is -0.491. The second-order valence-corrected chi connectivity index (χ2v) is 6.25. The zero-order valence-electron chi connectivity index (χ0n) is 14.1. The van der Waals surface area contributed by atoms with Crippen molar-refractivity contribution in [2.75, 3.05) is 11.9 Å². The summed E-state index contributed by atoms with van der Waals surface area (Å²) in [6.45, 7) is 4.57. The lowest BCUT2D eigenvalue weighted by Crippen LogP contribution is -2.29. The summed E-state index contributed by atoms with van der Waals surface area (Å²) < 4.78 is 0. The Kier molecular flexibility index (Phi) is 6.39. The molecule has 0 atom stereocenters. The monoisotopic (exact) mass is 314 g/mol. The van der Waals surface area contributed by atoms with E-state index in [-0.39, 0.29) is 18.2 Å². The van der Waals surface area contributed by atoms with Crippen LogP contribution in [-0.4, -0.2) is 18.4 Å². The lowest BCUT2D eigenvalue weighted by Gasteiger charge is -2.13. The van der Waals surface area contributed by atoms with Crippen molar-refractivity contribution < 1.29 is 9.59 Å². The fraction of sp³-hybridized carbons (Fsp3) is 0.474. The molecule has 0 unspecified atom stereocenters. The van der Waals surface area contributed by atoms with Crippen LogP contribution in [0.4, 0.5) is 5.69 Å². The molecule has 23 heavy (non-hydrogen) atoms. The van der Waals surface area contributed by atoms with Gasteiger partial charge in [0.2, 0.25) is 11.8 Å². The van der Waals surface area contributed by atoms with Gasteiger partial charge in [-0.3, -0.25) is 9.59 Å². The molecule has 4 heteroatoms. The summed E-state index contributed by atoms with van der Waals surface area (Å²) in [4.78, 5) is 23.8. The topological polar surface area (TPSA) is 58.2 Å². The van der Waals surface area contributed by atoms with Crippen LogP contribution in [0, 0.1) is 13.8 Å². The van der Waals surface area contributed by atoms with Crippen LogP contribution in [0.25, 0.3) is 0 Å². The number of carbonyl (C=O) groups excluding carboxylic acids is 2. The molecule has 0 saturated carbocycles. The molecule has 0 fully saturated rings. The van der Waals surface area contributed by atoms with Crippen molar-refractivity contribution >= 4 is 17.5 Å². The Morgan fingerprint density at radius 1 is 1.13 bits per heavy atom. The highest BCUT2D eigenvalue weighted by molar-refractivity contribution is 6.03. The van der Waals surface area contributed by atoms with Crippen molar-refractivity contribution in [1.29, 1.82) is 0 Å². The first kappa shape index (κ1) is 17.3. The maximum atomic E-state index is 11.9. The third-order valence-corrected chi connectivity index (χ3v) is 4.13. The standard InChI is InChI=1S/C19H26N2O2/c1-14-8-9-17(15(2)12-14)21-19(23)13-18(22)20-11-10-16-6-4-3-5-7-16/h6,8-9,12H,3-5,7,10-11,13H2,1-2H3,(H,20,22)(H,21,23). The first-order valence-electron chi connectivity index (χ1n) is 8.36. The van der Waals surface area contributed by atoms with Crippen LogP contribution in [0.2, 0.25) is 0 Å². The maximum Gasteiger partial charge on any atom is 0.233 e. The fourth-order valence-electron chi connectivity index (χ4n) is 2.85. The maximum absolute atomic E-state index is 11.9. The van der Waals surface area contributed by atoms with E-state index < -0.39 is 0 Å². The van der Waals surface area contributed by atoms with Crippen LogP contribution in [0.1, 0.15) is 49.7 Å². The first-order valence-corrected chi connectivity index (χ1v) is 8.36. The van der Waals surface area contributed by atoms with Gasteiger partial charge in [0.05, 0.1) is 0 Å². The molecular weight excluding hydrogens is 288 g/mol. The molecule has 0 bridgehead atoms. The lowest BCUT2D eigenvalue weighted by molar-refractivity contribution is -0.126. The van der Waals surface area contributed by atoms with Crippen molar-refractivity contribution in [3.63, 3.8) is 0 Å². The number of aryl methyl sites for hydroxylation is 2. The van der Waals surface area contributed by atoms with Crippen LogP contribution in [0.5, 0.6) is 0 Å². The second kappa shape index (κ2) is 8.51. The Bertz CT molecular complexity index is 605. The minimum absolute atomic E-state index is 0.133. The summed E-state index contributed by atoms with van der Waals surface area (Å²) >= 11 is 0. The van der Waals surface area contributed by atoms with Gasteiger partial charge < -0.3 is 10.6 Å². The molecule has 1 aromatic rings. The van der Waals surface area contributed by atoms with E-state index in [9.17, 15) is 9.59 Å². The summed E-state index contributed by atoms with van der Waals surface area (Å²) in [6.07, 6.45) is 7.86. The molecule has 0 saturated heterocycles. The van der Waals surface area contributed by atoms with Crippen molar-refractivity contribution in [2.24, 2.45) is 0 Å². The van der Waals surface area contributed by atoms with Gasteiger partial charge in [-0.2, -0.15) is 0 Å². The van der Waals surface area contributed by atoms with Gasteiger partial charge in [0.25, 0.3) is 0 Å². The molecule has 0 heterocycles. The van der Waals surface area contributed by atoms with Crippen LogP contribution in [-0.2, 0) is 9.59 Å². The second-order valence-electron chi connectivity index (χ2n) is 6.25. The van der Waals surface area contributed by atoms with Crippen molar-refractivity contribution in [1.82, 2.24) is 5.32 Å². The quantitative estimate of drug-likeness (QED) is 0.622. The number of hydrogen-bond acceptors (Lipinski definition) is 2. The minimum atomic E-state index is -0.272. The molecule has 0 spiro atoms. The molecular formula is C19H26N2O2. The van der Waals surface area contributed by atoms with E-state index in [0.717, 1.165) is 36.1 Å². The molecule has 2 rings (SSSR count). The van der Waals surface area contributed by atoms with Gasteiger partial charge in [-0.25, -0.2) is 0 Å². The van der Waals surface area contributed by atoms with E-state index in [1.807, 2.05) is 32.0 Å². The predicted octanol–water partition coefficient (Wildman–Crippen LogP) is 3.64. The van der Waals surface area contributed by atoms with Crippen molar-refractivity contribution in [3.05, 3.63) is 41.0 Å². The lowest BCUT2D eigenvalue weighted by atomic mass is 9.97. The van der Waals surface area contributed by atoms with Crippen molar-refractivity contribution in [2.45, 2.75) is 52.4 Å². The molecule has 4 nitrogen and oxygen atoms in total. The molecule has 1 aromatic carbocycles. The van der Waals surface area contributed by atoms with E-state index in [1.165, 1.54) is 18.4 Å². The molecule has 1 aliphatic carbocycles. The average molecular weight is 314 g/mol. The number of hydrogen-bond donors (Lipinski definition) is 2. The number of rotatable bonds is 6. The van der Waals surface area contributed by atoms with E-state index in [1.54, 1.807) is 0 Å². The number of nitrogens with one attached hydrogen (secondary N) is 2. The SMILES string of the molecule is Cc1ccc(NC(=O)CC(=O)NCCC2=CCCCC2)c(C)c1. The average Bonchev–Trinajstić information content (AvgIpc) is 2.51. The van der Waals surface area contributed by atoms with Crippen LogP contribution >= 0.6 is 0 Å². The summed E-state index contributed by atoms with van der Waals surface area (Å²) in [5.41, 5.74) is 4.34. The Morgan fingerprint density at radius 2 is 1.96 bits per heavy atom. The Hall–Kier alpha value is -2.10. The molecule has 0 radical (unpaired) electrons. The van der Waals surface area contributed by atoms with E-state index in [2.05, 4.69) is 16.7 Å². The smallest absolute Gasteiger partial charge is 0.233 e. The van der Waals surface area contributed by atoms with Crippen LogP contribution in [0.15, 0.2) is 29.8 Å². The molecule has 0 aromatic heterocycles. The van der Waals surface area contributed by atoms with Gasteiger partial charge in [0, 0.05) is 12.2 Å². The molecule has 2 amide bonds. The van der Waals surface area contributed by atoms with Crippen molar-refractivity contribution in [3.8, 4) is 0 Å². The fourth-order valence-corrected chi connectivity index (χ4v) is 2.85.